The van der Waals surface area contributed by atoms with Crippen LogP contribution in [0.4, 0.5) is 0 Å². The van der Waals surface area contributed by atoms with Crippen LogP contribution in [-0.4, -0.2) is 17.4 Å². The zero-order valence-corrected chi connectivity index (χ0v) is 9.58. The van der Waals surface area contributed by atoms with Crippen molar-refractivity contribution in [3.63, 3.8) is 0 Å². The zero-order chi connectivity index (χ0) is 10.1. The number of hydrogen-bond donors (Lipinski definition) is 1. The summed E-state index contributed by atoms with van der Waals surface area (Å²) in [6.07, 6.45) is 3.90. The molecule has 0 bridgehead atoms. The minimum atomic E-state index is 0.283. The highest BCUT2D eigenvalue weighted by Gasteiger charge is 2.14. The Kier molecular flexibility index (Phi) is 2.59. The highest BCUT2D eigenvalue weighted by atomic mass is 79.9. The molecule has 74 valence electrons. The molecule has 1 aromatic rings. The van der Waals surface area contributed by atoms with Crippen molar-refractivity contribution in [1.82, 2.24) is 0 Å². The summed E-state index contributed by atoms with van der Waals surface area (Å²) in [6.45, 7) is 2.14. The van der Waals surface area contributed by atoms with Gasteiger partial charge in [-0.05, 0) is 52.0 Å². The maximum Gasteiger partial charge on any atom is 0.130 e. The van der Waals surface area contributed by atoms with Crippen molar-refractivity contribution in [2.45, 2.75) is 25.8 Å². The predicted molar refractivity (Wildman–Crippen MR) is 61.2 cm³/mol. The number of nitrogens with zero attached hydrogens (tertiary/aromatic N) is 1. The molecule has 1 aliphatic heterocycles. The molecule has 1 heterocycles. The van der Waals surface area contributed by atoms with E-state index in [1.54, 1.807) is 6.07 Å². The molecule has 0 radical (unpaired) electrons. The second-order valence-corrected chi connectivity index (χ2v) is 4.40. The lowest BCUT2D eigenvalue weighted by Gasteiger charge is -2.17. The third-order valence-electron chi connectivity index (χ3n) is 2.56. The zero-order valence-electron chi connectivity index (χ0n) is 8.00. The number of rotatable bonds is 1. The number of hydrogen-bond acceptors (Lipinski definition) is 2. The second kappa shape index (κ2) is 3.73. The van der Waals surface area contributed by atoms with Gasteiger partial charge in [0.15, 0.2) is 0 Å². The molecule has 1 atom stereocenters. The average Bonchev–Trinajstić information content (AvgIpc) is 2.19. The van der Waals surface area contributed by atoms with E-state index in [4.69, 9.17) is 0 Å². The van der Waals surface area contributed by atoms with E-state index in [2.05, 4.69) is 27.8 Å². The molecule has 0 spiro atoms. The molecule has 1 N–H and O–H groups in total. The van der Waals surface area contributed by atoms with E-state index >= 15 is 0 Å². The summed E-state index contributed by atoms with van der Waals surface area (Å²) in [5, 5.41) is 9.49. The third kappa shape index (κ3) is 1.69. The average molecular weight is 254 g/mol. The summed E-state index contributed by atoms with van der Waals surface area (Å²) in [4.78, 5) is 4.41. The molecular formula is C11H12BrNO. The number of phenols is 1. The van der Waals surface area contributed by atoms with E-state index in [1.165, 1.54) is 5.56 Å². The monoisotopic (exact) mass is 253 g/mol. The smallest absolute Gasteiger partial charge is 0.130 e. The van der Waals surface area contributed by atoms with E-state index in [-0.39, 0.29) is 5.75 Å². The van der Waals surface area contributed by atoms with E-state index < -0.39 is 0 Å². The standard InChI is InChI=1S/C11H12BrNO/c1-2-9-3-7-4-10(12)11(14)5-8(7)6-13-9/h4-6,9,14H,2-3H2,1H3. The molecule has 0 fully saturated rings. The number of halogens is 1. The maximum atomic E-state index is 9.49. The van der Waals surface area contributed by atoms with Gasteiger partial charge < -0.3 is 5.11 Å². The van der Waals surface area contributed by atoms with Gasteiger partial charge in [0.05, 0.1) is 10.5 Å². The molecule has 14 heavy (non-hydrogen) atoms. The number of aromatic hydroxyl groups is 1. The van der Waals surface area contributed by atoms with Gasteiger partial charge >= 0.3 is 0 Å². The molecule has 1 aliphatic rings. The fourth-order valence-corrected chi connectivity index (χ4v) is 2.05. The lowest BCUT2D eigenvalue weighted by atomic mass is 9.97. The third-order valence-corrected chi connectivity index (χ3v) is 3.20. The van der Waals surface area contributed by atoms with Gasteiger partial charge in [-0.15, -0.1) is 0 Å². The van der Waals surface area contributed by atoms with E-state index in [0.717, 1.165) is 22.9 Å². The van der Waals surface area contributed by atoms with Crippen LogP contribution >= 0.6 is 15.9 Å². The van der Waals surface area contributed by atoms with Crippen LogP contribution in [0.5, 0.6) is 5.75 Å². The predicted octanol–water partition coefficient (Wildman–Crippen LogP) is 2.91. The number of fused-ring (bicyclic) bond motifs is 1. The van der Waals surface area contributed by atoms with Crippen molar-refractivity contribution in [3.05, 3.63) is 27.7 Å². The summed E-state index contributed by atoms with van der Waals surface area (Å²) < 4.78 is 0.765. The molecule has 2 nitrogen and oxygen atoms in total. The first-order chi connectivity index (χ1) is 6.70. The van der Waals surface area contributed by atoms with Gasteiger partial charge in [0.1, 0.15) is 5.75 Å². The van der Waals surface area contributed by atoms with Crippen LogP contribution in [0.15, 0.2) is 21.6 Å². The first-order valence-corrected chi connectivity index (χ1v) is 5.54. The van der Waals surface area contributed by atoms with Gasteiger partial charge in [0.2, 0.25) is 0 Å². The molecule has 0 aliphatic carbocycles. The summed E-state index contributed by atoms with van der Waals surface area (Å²) in [6, 6.07) is 4.15. The Hall–Kier alpha value is -0.830. The van der Waals surface area contributed by atoms with Gasteiger partial charge in [-0.25, -0.2) is 0 Å². The van der Waals surface area contributed by atoms with Crippen molar-refractivity contribution in [2.24, 2.45) is 4.99 Å². The van der Waals surface area contributed by atoms with Crippen molar-refractivity contribution < 1.29 is 5.11 Å². The van der Waals surface area contributed by atoms with Crippen molar-refractivity contribution in [3.8, 4) is 5.75 Å². The Morgan fingerprint density at radius 2 is 2.36 bits per heavy atom. The fraction of sp³-hybridized carbons (Fsp3) is 0.364. The number of aliphatic imine (C=N–C) groups is 1. The molecular weight excluding hydrogens is 242 g/mol. The summed E-state index contributed by atoms with van der Waals surface area (Å²) >= 11 is 3.32. The van der Waals surface area contributed by atoms with Gasteiger partial charge in [-0.1, -0.05) is 6.92 Å². The largest absolute Gasteiger partial charge is 0.507 e. The van der Waals surface area contributed by atoms with Crippen LogP contribution in [0.1, 0.15) is 24.5 Å². The van der Waals surface area contributed by atoms with Crippen LogP contribution in [0.25, 0.3) is 0 Å². The Labute approximate surface area is 91.8 Å². The Morgan fingerprint density at radius 3 is 3.07 bits per heavy atom. The Bertz CT molecular complexity index is 387. The number of benzene rings is 1. The SMILES string of the molecule is CCC1Cc2cc(Br)c(O)cc2C=N1. The van der Waals surface area contributed by atoms with E-state index in [9.17, 15) is 5.11 Å². The summed E-state index contributed by atoms with van der Waals surface area (Å²) in [5.74, 6) is 0.283. The van der Waals surface area contributed by atoms with Crippen molar-refractivity contribution >= 4 is 22.1 Å². The van der Waals surface area contributed by atoms with Crippen LogP contribution in [0.2, 0.25) is 0 Å². The van der Waals surface area contributed by atoms with Crippen LogP contribution in [0, 0.1) is 0 Å². The Balaban J connectivity index is 2.41. The normalized spacial score (nSPS) is 19.4. The first-order valence-electron chi connectivity index (χ1n) is 4.75. The van der Waals surface area contributed by atoms with Crippen LogP contribution in [0.3, 0.4) is 0 Å². The first kappa shape index (κ1) is 9.71. The summed E-state index contributed by atoms with van der Waals surface area (Å²) in [7, 11) is 0. The van der Waals surface area contributed by atoms with Crippen LogP contribution in [-0.2, 0) is 6.42 Å². The molecule has 1 aromatic carbocycles. The van der Waals surface area contributed by atoms with Gasteiger partial charge in [-0.2, -0.15) is 0 Å². The van der Waals surface area contributed by atoms with Crippen LogP contribution < -0.4 is 0 Å². The minimum absolute atomic E-state index is 0.283. The Morgan fingerprint density at radius 1 is 1.57 bits per heavy atom. The van der Waals surface area contributed by atoms with E-state index in [0.29, 0.717) is 6.04 Å². The van der Waals surface area contributed by atoms with Gasteiger partial charge in [0, 0.05) is 6.21 Å². The lowest BCUT2D eigenvalue weighted by molar-refractivity contribution is 0.471. The molecule has 3 heteroatoms. The topological polar surface area (TPSA) is 32.6 Å². The molecule has 0 aromatic heterocycles. The lowest BCUT2D eigenvalue weighted by Crippen LogP contribution is -2.14. The fourth-order valence-electron chi connectivity index (χ4n) is 1.66. The molecule has 0 amide bonds. The van der Waals surface area contributed by atoms with Crippen molar-refractivity contribution in [1.29, 1.82) is 0 Å². The van der Waals surface area contributed by atoms with Gasteiger partial charge in [0.25, 0.3) is 0 Å². The molecule has 1 unspecified atom stereocenters. The molecule has 0 saturated carbocycles. The van der Waals surface area contributed by atoms with Gasteiger partial charge in [-0.3, -0.25) is 4.99 Å². The highest BCUT2D eigenvalue weighted by Crippen LogP contribution is 2.29. The number of phenolic OH excluding ortho intramolecular Hbond substituents is 1. The quantitative estimate of drug-likeness (QED) is 0.821. The summed E-state index contributed by atoms with van der Waals surface area (Å²) in [5.41, 5.74) is 2.30. The highest BCUT2D eigenvalue weighted by molar-refractivity contribution is 9.10. The molecule has 0 saturated heterocycles. The minimum Gasteiger partial charge on any atom is -0.507 e. The second-order valence-electron chi connectivity index (χ2n) is 3.55. The molecule has 2 rings (SSSR count). The maximum absolute atomic E-state index is 9.49. The van der Waals surface area contributed by atoms with Crippen molar-refractivity contribution in [2.75, 3.05) is 0 Å². The van der Waals surface area contributed by atoms with E-state index in [1.807, 2.05) is 12.3 Å².